The SMILES string of the molecule is COc1cc(/C=C2\SC(=O)N(CC(=O)OC(C)C)C2=O)cc(I)c1OS(=O)(=O)c1ccc(C)cc1. The lowest BCUT2D eigenvalue weighted by molar-refractivity contribution is -0.149. The zero-order valence-corrected chi connectivity index (χ0v) is 23.0. The molecule has 0 bridgehead atoms. The van der Waals surface area contributed by atoms with Crippen molar-refractivity contribution in [3.05, 3.63) is 56.0 Å². The standard InChI is InChI=1S/C23H22INO8S2/c1-13(2)32-20(26)12-25-22(27)19(34-23(25)28)11-15-9-17(24)21(18(10-15)31-4)33-35(29,30)16-7-5-14(3)6-8-16/h5-11,13H,12H2,1-4H3/b19-11-. The Morgan fingerprint density at radius 1 is 1.17 bits per heavy atom. The number of aryl methyl sites for hydroxylation is 1. The number of nitrogens with zero attached hydrogens (tertiary/aromatic N) is 1. The summed E-state index contributed by atoms with van der Waals surface area (Å²) in [5.74, 6) is -1.19. The number of amides is 2. The maximum absolute atomic E-state index is 12.7. The molecule has 12 heteroatoms. The van der Waals surface area contributed by atoms with Crippen molar-refractivity contribution in [3.8, 4) is 11.5 Å². The highest BCUT2D eigenvalue weighted by molar-refractivity contribution is 14.1. The van der Waals surface area contributed by atoms with E-state index >= 15 is 0 Å². The van der Waals surface area contributed by atoms with Gasteiger partial charge >= 0.3 is 16.1 Å². The molecule has 0 spiro atoms. The number of halogens is 1. The third-order valence-electron chi connectivity index (χ3n) is 4.58. The summed E-state index contributed by atoms with van der Waals surface area (Å²) in [5, 5.41) is -0.590. The van der Waals surface area contributed by atoms with Crippen molar-refractivity contribution in [1.29, 1.82) is 0 Å². The zero-order valence-electron chi connectivity index (χ0n) is 19.2. The smallest absolute Gasteiger partial charge is 0.339 e. The summed E-state index contributed by atoms with van der Waals surface area (Å²) in [7, 11) is -2.76. The molecular formula is C23H22INO8S2. The lowest BCUT2D eigenvalue weighted by atomic mass is 10.2. The van der Waals surface area contributed by atoms with Gasteiger partial charge in [-0.1, -0.05) is 17.7 Å². The predicted molar refractivity (Wildman–Crippen MR) is 139 cm³/mol. The second-order valence-corrected chi connectivity index (χ2v) is 11.4. The minimum Gasteiger partial charge on any atom is -0.493 e. The van der Waals surface area contributed by atoms with Crippen LogP contribution in [0.3, 0.4) is 0 Å². The van der Waals surface area contributed by atoms with Gasteiger partial charge in [-0.15, -0.1) is 0 Å². The summed E-state index contributed by atoms with van der Waals surface area (Å²) in [6.45, 7) is 4.69. The fourth-order valence-corrected chi connectivity index (χ4v) is 5.66. The summed E-state index contributed by atoms with van der Waals surface area (Å²) >= 11 is 2.59. The number of thioether (sulfide) groups is 1. The van der Waals surface area contributed by atoms with Crippen LogP contribution in [0.2, 0.25) is 0 Å². The fourth-order valence-electron chi connectivity index (χ4n) is 2.98. The van der Waals surface area contributed by atoms with Gasteiger partial charge in [-0.05, 0) is 91.0 Å². The third-order valence-corrected chi connectivity index (χ3v) is 7.52. The Bertz CT molecular complexity index is 1300. The highest BCUT2D eigenvalue weighted by atomic mass is 127. The Labute approximate surface area is 221 Å². The molecule has 0 atom stereocenters. The highest BCUT2D eigenvalue weighted by Gasteiger charge is 2.37. The molecular weight excluding hydrogens is 609 g/mol. The lowest BCUT2D eigenvalue weighted by Crippen LogP contribution is -2.35. The Kier molecular flexibility index (Phi) is 8.49. The van der Waals surface area contributed by atoms with E-state index in [1.807, 2.05) is 29.5 Å². The molecule has 1 aliphatic rings. The number of rotatable bonds is 8. The van der Waals surface area contributed by atoms with Crippen molar-refractivity contribution in [2.45, 2.75) is 31.8 Å². The van der Waals surface area contributed by atoms with Gasteiger partial charge in [0.15, 0.2) is 11.5 Å². The number of carbonyl (C=O) groups excluding carboxylic acids is 3. The number of hydrogen-bond acceptors (Lipinski definition) is 9. The van der Waals surface area contributed by atoms with Crippen LogP contribution in [-0.2, 0) is 24.4 Å². The molecule has 2 aromatic rings. The second kappa shape index (κ2) is 11.0. The number of carbonyl (C=O) groups is 3. The first-order valence-electron chi connectivity index (χ1n) is 10.2. The Morgan fingerprint density at radius 2 is 1.83 bits per heavy atom. The second-order valence-electron chi connectivity index (χ2n) is 7.69. The number of imide groups is 1. The third kappa shape index (κ3) is 6.55. The molecule has 0 unspecified atom stereocenters. The van der Waals surface area contributed by atoms with Gasteiger partial charge < -0.3 is 13.7 Å². The van der Waals surface area contributed by atoms with E-state index in [0.29, 0.717) is 20.9 Å². The molecule has 1 saturated heterocycles. The van der Waals surface area contributed by atoms with Gasteiger partial charge in [0, 0.05) is 0 Å². The molecule has 1 heterocycles. The van der Waals surface area contributed by atoms with Crippen LogP contribution >= 0.6 is 34.4 Å². The first-order chi connectivity index (χ1) is 16.4. The van der Waals surface area contributed by atoms with E-state index in [0.717, 1.165) is 10.5 Å². The number of hydrogen-bond donors (Lipinski definition) is 0. The van der Waals surface area contributed by atoms with E-state index in [1.54, 1.807) is 32.0 Å². The first kappa shape index (κ1) is 27.0. The van der Waals surface area contributed by atoms with E-state index in [2.05, 4.69) is 0 Å². The lowest BCUT2D eigenvalue weighted by Gasteiger charge is -2.14. The normalized spacial score (nSPS) is 15.1. The van der Waals surface area contributed by atoms with Crippen LogP contribution < -0.4 is 8.92 Å². The monoisotopic (exact) mass is 631 g/mol. The zero-order chi connectivity index (χ0) is 25.9. The number of ether oxygens (including phenoxy) is 2. The molecule has 0 N–H and O–H groups in total. The van der Waals surface area contributed by atoms with E-state index in [1.165, 1.54) is 31.4 Å². The predicted octanol–water partition coefficient (Wildman–Crippen LogP) is 4.36. The van der Waals surface area contributed by atoms with Gasteiger partial charge in [0.1, 0.15) is 11.4 Å². The maximum Gasteiger partial charge on any atom is 0.339 e. The number of methoxy groups -OCH3 is 1. The summed E-state index contributed by atoms with van der Waals surface area (Å²) in [6.07, 6.45) is 1.09. The molecule has 35 heavy (non-hydrogen) atoms. The molecule has 0 radical (unpaired) electrons. The van der Waals surface area contributed by atoms with Gasteiger partial charge in [0.05, 0.1) is 21.7 Å². The van der Waals surface area contributed by atoms with E-state index in [9.17, 15) is 22.8 Å². The fraction of sp³-hybridized carbons (Fsp3) is 0.261. The molecule has 9 nitrogen and oxygen atoms in total. The molecule has 1 aliphatic heterocycles. The summed E-state index contributed by atoms with van der Waals surface area (Å²) in [4.78, 5) is 37.8. The van der Waals surface area contributed by atoms with E-state index in [-0.39, 0.29) is 27.4 Å². The van der Waals surface area contributed by atoms with Crippen molar-refractivity contribution in [2.24, 2.45) is 0 Å². The minimum absolute atomic E-state index is 0.00430. The molecule has 0 saturated carbocycles. The van der Waals surface area contributed by atoms with Gasteiger partial charge in [-0.2, -0.15) is 8.42 Å². The van der Waals surface area contributed by atoms with Crippen LogP contribution in [0.5, 0.6) is 11.5 Å². The van der Waals surface area contributed by atoms with Crippen molar-refractivity contribution >= 4 is 67.7 Å². The van der Waals surface area contributed by atoms with Gasteiger partial charge in [0.25, 0.3) is 11.1 Å². The van der Waals surface area contributed by atoms with Crippen molar-refractivity contribution in [3.63, 3.8) is 0 Å². The minimum atomic E-state index is -4.12. The van der Waals surface area contributed by atoms with Crippen molar-refractivity contribution < 1.29 is 36.5 Å². The molecule has 2 aromatic carbocycles. The molecule has 1 fully saturated rings. The molecule has 186 valence electrons. The van der Waals surface area contributed by atoms with Crippen molar-refractivity contribution in [2.75, 3.05) is 13.7 Å². The van der Waals surface area contributed by atoms with Crippen LogP contribution in [0.1, 0.15) is 25.0 Å². The molecule has 3 rings (SSSR count). The van der Waals surface area contributed by atoms with E-state index in [4.69, 9.17) is 13.7 Å². The Hall–Kier alpha value is -2.58. The number of esters is 1. The average molecular weight is 631 g/mol. The van der Waals surface area contributed by atoms with Crippen LogP contribution in [-0.4, -0.2) is 50.2 Å². The summed E-state index contributed by atoms with van der Waals surface area (Å²) in [6, 6.07) is 9.30. The first-order valence-corrected chi connectivity index (χ1v) is 13.5. The maximum atomic E-state index is 12.7. The van der Waals surface area contributed by atoms with Gasteiger partial charge in [0.2, 0.25) is 0 Å². The van der Waals surface area contributed by atoms with Gasteiger partial charge in [-0.3, -0.25) is 19.3 Å². The van der Waals surface area contributed by atoms with Crippen LogP contribution in [0.25, 0.3) is 6.08 Å². The summed E-state index contributed by atoms with van der Waals surface area (Å²) < 4.78 is 41.6. The van der Waals surface area contributed by atoms with Gasteiger partial charge in [-0.25, -0.2) is 0 Å². The molecule has 2 amide bonds. The quantitative estimate of drug-likeness (QED) is 0.181. The molecule has 0 aliphatic carbocycles. The largest absolute Gasteiger partial charge is 0.493 e. The Balaban J connectivity index is 1.86. The number of benzene rings is 2. The highest BCUT2D eigenvalue weighted by Crippen LogP contribution is 2.38. The average Bonchev–Trinajstić information content (AvgIpc) is 3.02. The van der Waals surface area contributed by atoms with Crippen LogP contribution in [0.4, 0.5) is 4.79 Å². The Morgan fingerprint density at radius 3 is 2.43 bits per heavy atom. The summed E-state index contributed by atoms with van der Waals surface area (Å²) in [5.41, 5.74) is 1.38. The van der Waals surface area contributed by atoms with Crippen molar-refractivity contribution in [1.82, 2.24) is 4.90 Å². The van der Waals surface area contributed by atoms with Crippen LogP contribution in [0.15, 0.2) is 46.2 Å². The molecule has 0 aromatic heterocycles. The van der Waals surface area contributed by atoms with E-state index < -0.39 is 33.8 Å². The van der Waals surface area contributed by atoms with Crippen LogP contribution in [0, 0.1) is 10.5 Å². The topological polar surface area (TPSA) is 116 Å².